The van der Waals surface area contributed by atoms with E-state index in [2.05, 4.69) is 27.1 Å². The van der Waals surface area contributed by atoms with Crippen LogP contribution in [0.1, 0.15) is 19.8 Å². The number of pyridine rings is 1. The van der Waals surface area contributed by atoms with E-state index in [1.54, 1.807) is 18.3 Å². The number of nitrogens with zero attached hydrogens (tertiary/aromatic N) is 3. The molecule has 0 amide bonds. The SMILES string of the molecule is CCNC(=NCCOc1ccc(Cl)cn1)N1CCOC(C2CCCO2)C1. The molecule has 2 saturated heterocycles. The molecule has 3 heterocycles. The van der Waals surface area contributed by atoms with Gasteiger partial charge in [0.15, 0.2) is 5.96 Å². The van der Waals surface area contributed by atoms with Gasteiger partial charge in [-0.05, 0) is 25.8 Å². The van der Waals surface area contributed by atoms with Crippen LogP contribution >= 0.6 is 11.6 Å². The van der Waals surface area contributed by atoms with Crippen molar-refractivity contribution in [2.45, 2.75) is 32.0 Å². The fourth-order valence-electron chi connectivity index (χ4n) is 3.16. The second-order valence-corrected chi connectivity index (χ2v) is 6.74. The molecule has 2 aliphatic heterocycles. The number of morpholine rings is 1. The van der Waals surface area contributed by atoms with Gasteiger partial charge in [-0.2, -0.15) is 0 Å². The third-order valence-electron chi connectivity index (χ3n) is 4.41. The maximum atomic E-state index is 5.92. The lowest BCUT2D eigenvalue weighted by molar-refractivity contribution is -0.0817. The molecule has 26 heavy (non-hydrogen) atoms. The summed E-state index contributed by atoms with van der Waals surface area (Å²) in [5, 5.41) is 3.96. The number of ether oxygens (including phenoxy) is 3. The van der Waals surface area contributed by atoms with E-state index in [-0.39, 0.29) is 12.2 Å². The van der Waals surface area contributed by atoms with Gasteiger partial charge in [0, 0.05) is 38.5 Å². The van der Waals surface area contributed by atoms with E-state index in [0.717, 1.165) is 45.0 Å². The van der Waals surface area contributed by atoms with E-state index in [1.165, 1.54) is 0 Å². The van der Waals surface area contributed by atoms with Crippen LogP contribution in [-0.4, -0.2) is 74.1 Å². The summed E-state index contributed by atoms with van der Waals surface area (Å²) >= 11 is 5.82. The summed E-state index contributed by atoms with van der Waals surface area (Å²) in [6.07, 6.45) is 4.09. The van der Waals surface area contributed by atoms with Crippen molar-refractivity contribution in [3.8, 4) is 5.88 Å². The summed E-state index contributed by atoms with van der Waals surface area (Å²) in [5.41, 5.74) is 0. The molecular weight excluding hydrogens is 356 g/mol. The number of aliphatic imine (C=N–C) groups is 1. The Bertz CT molecular complexity index is 578. The molecule has 7 nitrogen and oxygen atoms in total. The molecule has 0 aliphatic carbocycles. The van der Waals surface area contributed by atoms with E-state index in [1.807, 2.05) is 0 Å². The first-order valence-electron chi connectivity index (χ1n) is 9.27. The smallest absolute Gasteiger partial charge is 0.213 e. The topological polar surface area (TPSA) is 68.2 Å². The molecule has 0 spiro atoms. The zero-order chi connectivity index (χ0) is 18.2. The van der Waals surface area contributed by atoms with E-state index < -0.39 is 0 Å². The molecule has 144 valence electrons. The maximum Gasteiger partial charge on any atom is 0.213 e. The van der Waals surface area contributed by atoms with Crippen molar-refractivity contribution < 1.29 is 14.2 Å². The monoisotopic (exact) mass is 382 g/mol. The third-order valence-corrected chi connectivity index (χ3v) is 4.63. The number of aromatic nitrogens is 1. The van der Waals surface area contributed by atoms with Crippen LogP contribution in [0.3, 0.4) is 0 Å². The van der Waals surface area contributed by atoms with Crippen molar-refractivity contribution in [3.63, 3.8) is 0 Å². The fraction of sp³-hybridized carbons (Fsp3) is 0.667. The van der Waals surface area contributed by atoms with Crippen molar-refractivity contribution in [2.75, 3.05) is 46.0 Å². The summed E-state index contributed by atoms with van der Waals surface area (Å²) in [6, 6.07) is 3.52. The zero-order valence-corrected chi connectivity index (χ0v) is 16.0. The molecule has 0 bridgehead atoms. The maximum absolute atomic E-state index is 5.92. The molecule has 2 fully saturated rings. The molecular formula is C18H27ClN4O3. The predicted octanol–water partition coefficient (Wildman–Crippen LogP) is 1.96. The van der Waals surface area contributed by atoms with Gasteiger partial charge >= 0.3 is 0 Å². The summed E-state index contributed by atoms with van der Waals surface area (Å²) in [6.45, 7) is 7.07. The zero-order valence-electron chi connectivity index (χ0n) is 15.2. The molecule has 2 aliphatic rings. The molecule has 3 rings (SSSR count). The Balaban J connectivity index is 1.51. The Morgan fingerprint density at radius 3 is 3.00 bits per heavy atom. The molecule has 1 aromatic heterocycles. The molecule has 2 unspecified atom stereocenters. The van der Waals surface area contributed by atoms with Crippen LogP contribution in [0.2, 0.25) is 5.02 Å². The highest BCUT2D eigenvalue weighted by atomic mass is 35.5. The Morgan fingerprint density at radius 1 is 1.38 bits per heavy atom. The number of hydrogen-bond donors (Lipinski definition) is 1. The molecule has 8 heteroatoms. The minimum atomic E-state index is 0.115. The largest absolute Gasteiger partial charge is 0.476 e. The fourth-order valence-corrected chi connectivity index (χ4v) is 3.28. The molecule has 1 aromatic rings. The van der Waals surface area contributed by atoms with Crippen molar-refractivity contribution in [1.82, 2.24) is 15.2 Å². The summed E-state index contributed by atoms with van der Waals surface area (Å²) in [7, 11) is 0. The van der Waals surface area contributed by atoms with Gasteiger partial charge in [-0.25, -0.2) is 9.98 Å². The van der Waals surface area contributed by atoms with E-state index in [9.17, 15) is 0 Å². The average molecular weight is 383 g/mol. The van der Waals surface area contributed by atoms with Crippen LogP contribution in [0.15, 0.2) is 23.3 Å². The van der Waals surface area contributed by atoms with Gasteiger partial charge in [0.05, 0.1) is 24.3 Å². The lowest BCUT2D eigenvalue weighted by Gasteiger charge is -2.37. The number of rotatable bonds is 6. The van der Waals surface area contributed by atoms with Gasteiger partial charge in [0.25, 0.3) is 0 Å². The quantitative estimate of drug-likeness (QED) is 0.461. The minimum absolute atomic E-state index is 0.115. The van der Waals surface area contributed by atoms with Crippen LogP contribution < -0.4 is 10.1 Å². The molecule has 0 saturated carbocycles. The lowest BCUT2D eigenvalue weighted by Crippen LogP contribution is -2.53. The van der Waals surface area contributed by atoms with Crippen molar-refractivity contribution in [2.24, 2.45) is 4.99 Å². The second kappa shape index (κ2) is 9.94. The Hall–Kier alpha value is -1.57. The van der Waals surface area contributed by atoms with Gasteiger partial charge in [-0.15, -0.1) is 0 Å². The second-order valence-electron chi connectivity index (χ2n) is 6.31. The van der Waals surface area contributed by atoms with Gasteiger partial charge in [0.1, 0.15) is 12.7 Å². The predicted molar refractivity (Wildman–Crippen MR) is 101 cm³/mol. The Kier molecular flexibility index (Phi) is 7.34. The van der Waals surface area contributed by atoms with Crippen LogP contribution in [-0.2, 0) is 9.47 Å². The lowest BCUT2D eigenvalue weighted by atomic mass is 10.1. The highest BCUT2D eigenvalue weighted by Crippen LogP contribution is 2.21. The number of guanidine groups is 1. The first kappa shape index (κ1) is 19.2. The van der Waals surface area contributed by atoms with Gasteiger partial charge < -0.3 is 24.4 Å². The van der Waals surface area contributed by atoms with Crippen LogP contribution in [0, 0.1) is 0 Å². The average Bonchev–Trinajstić information content (AvgIpc) is 3.21. The van der Waals surface area contributed by atoms with E-state index in [4.69, 9.17) is 25.8 Å². The molecule has 0 aromatic carbocycles. The van der Waals surface area contributed by atoms with E-state index in [0.29, 0.717) is 30.7 Å². The summed E-state index contributed by atoms with van der Waals surface area (Å²) in [5.74, 6) is 1.45. The van der Waals surface area contributed by atoms with Gasteiger partial charge in [-0.1, -0.05) is 11.6 Å². The van der Waals surface area contributed by atoms with Crippen LogP contribution in [0.25, 0.3) is 0 Å². The molecule has 0 radical (unpaired) electrons. The van der Waals surface area contributed by atoms with Gasteiger partial charge in [0.2, 0.25) is 5.88 Å². The Morgan fingerprint density at radius 2 is 2.27 bits per heavy atom. The van der Waals surface area contributed by atoms with E-state index >= 15 is 0 Å². The van der Waals surface area contributed by atoms with Crippen molar-refractivity contribution >= 4 is 17.6 Å². The minimum Gasteiger partial charge on any atom is -0.476 e. The van der Waals surface area contributed by atoms with Crippen LogP contribution in [0.4, 0.5) is 0 Å². The van der Waals surface area contributed by atoms with Crippen molar-refractivity contribution in [1.29, 1.82) is 0 Å². The first-order valence-corrected chi connectivity index (χ1v) is 9.65. The molecule has 1 N–H and O–H groups in total. The van der Waals surface area contributed by atoms with Crippen molar-refractivity contribution in [3.05, 3.63) is 23.4 Å². The standard InChI is InChI=1S/C18H27ClN4O3/c1-2-20-18(21-7-10-26-17-6-5-14(19)12-22-17)23-8-11-25-16(13-23)15-4-3-9-24-15/h5-6,12,15-16H,2-4,7-11,13H2,1H3,(H,20,21). The summed E-state index contributed by atoms with van der Waals surface area (Å²) < 4.78 is 17.3. The molecule has 2 atom stereocenters. The normalized spacial score (nSPS) is 23.9. The third kappa shape index (κ3) is 5.46. The highest BCUT2D eigenvalue weighted by molar-refractivity contribution is 6.30. The van der Waals surface area contributed by atoms with Gasteiger partial charge in [-0.3, -0.25) is 0 Å². The number of nitrogens with one attached hydrogen (secondary N) is 1. The van der Waals surface area contributed by atoms with Crippen LogP contribution in [0.5, 0.6) is 5.88 Å². The Labute approximate surface area is 159 Å². The summed E-state index contributed by atoms with van der Waals surface area (Å²) in [4.78, 5) is 11.1. The highest BCUT2D eigenvalue weighted by Gasteiger charge is 2.32. The number of halogens is 1. The first-order chi connectivity index (χ1) is 12.8. The number of hydrogen-bond acceptors (Lipinski definition) is 5.